The van der Waals surface area contributed by atoms with Gasteiger partial charge in [-0.15, -0.1) is 0 Å². The molecular formula is C26H30FN3O6. The molecule has 10 heteroatoms. The first kappa shape index (κ1) is 26.7. The third kappa shape index (κ3) is 6.39. The highest BCUT2D eigenvalue weighted by molar-refractivity contribution is 5.93. The van der Waals surface area contributed by atoms with Gasteiger partial charge in [-0.25, -0.2) is 4.39 Å². The van der Waals surface area contributed by atoms with Crippen LogP contribution in [-0.2, 0) is 4.79 Å². The van der Waals surface area contributed by atoms with E-state index < -0.39 is 29.3 Å². The van der Waals surface area contributed by atoms with E-state index in [1.165, 1.54) is 31.4 Å². The molecule has 3 rings (SSSR count). The highest BCUT2D eigenvalue weighted by Crippen LogP contribution is 2.26. The molecule has 3 N–H and O–H groups in total. The lowest BCUT2D eigenvalue weighted by Crippen LogP contribution is -2.38. The number of aliphatic hydroxyl groups is 1. The number of aliphatic carboxylic acids is 1. The molecule has 1 aromatic heterocycles. The fraction of sp³-hybridized carbons (Fsp3) is 0.346. The van der Waals surface area contributed by atoms with Gasteiger partial charge in [0, 0.05) is 6.07 Å². The van der Waals surface area contributed by atoms with Crippen LogP contribution in [0.2, 0.25) is 0 Å². The molecule has 1 heterocycles. The molecule has 0 aliphatic heterocycles. The Balaban J connectivity index is 1.95. The Hall–Kier alpha value is -3.92. The number of hydrogen-bond donors (Lipinski definition) is 3. The van der Waals surface area contributed by atoms with Crippen LogP contribution in [0, 0.1) is 11.7 Å². The number of carbonyl (C=O) groups excluding carboxylic acids is 1. The third-order valence-electron chi connectivity index (χ3n) is 5.93. The molecule has 0 fully saturated rings. The lowest BCUT2D eigenvalue weighted by molar-refractivity contribution is -0.137. The van der Waals surface area contributed by atoms with Crippen LogP contribution in [0.3, 0.4) is 0 Å². The van der Waals surface area contributed by atoms with Gasteiger partial charge < -0.3 is 25.0 Å². The van der Waals surface area contributed by atoms with Crippen LogP contribution in [0.15, 0.2) is 54.6 Å². The molecule has 0 aliphatic rings. The Morgan fingerprint density at radius 1 is 1.17 bits per heavy atom. The van der Waals surface area contributed by atoms with Gasteiger partial charge in [0.2, 0.25) is 5.88 Å². The zero-order valence-corrected chi connectivity index (χ0v) is 20.6. The van der Waals surface area contributed by atoms with Gasteiger partial charge in [-0.1, -0.05) is 38.1 Å². The Morgan fingerprint density at radius 2 is 1.89 bits per heavy atom. The number of halogens is 1. The summed E-state index contributed by atoms with van der Waals surface area (Å²) in [5, 5.41) is 26.9. The Bertz CT molecular complexity index is 1220. The van der Waals surface area contributed by atoms with Crippen LogP contribution < -0.4 is 14.8 Å². The summed E-state index contributed by atoms with van der Waals surface area (Å²) in [6.07, 6.45) is -0.381. The Morgan fingerprint density at radius 3 is 2.53 bits per heavy atom. The SMILES string of the molecule is COc1cccc(C(CC(=O)O)NC(=O)c2cc(OCC(C)(O)C(C)C)n(-c3ccccc3F)n2)c1. The molecule has 0 spiro atoms. The van der Waals surface area contributed by atoms with Crippen molar-refractivity contribution in [1.82, 2.24) is 15.1 Å². The first-order valence-corrected chi connectivity index (χ1v) is 11.4. The zero-order chi connectivity index (χ0) is 26.5. The number of ether oxygens (including phenoxy) is 2. The van der Waals surface area contributed by atoms with Crippen LogP contribution in [0.5, 0.6) is 11.6 Å². The quantitative estimate of drug-likeness (QED) is 0.367. The van der Waals surface area contributed by atoms with Crippen molar-refractivity contribution < 1.29 is 33.7 Å². The van der Waals surface area contributed by atoms with Gasteiger partial charge >= 0.3 is 5.97 Å². The molecular weight excluding hydrogens is 469 g/mol. The summed E-state index contributed by atoms with van der Waals surface area (Å²) >= 11 is 0. The van der Waals surface area contributed by atoms with Crippen molar-refractivity contribution in [2.45, 2.75) is 38.8 Å². The topological polar surface area (TPSA) is 123 Å². The number of nitrogens with one attached hydrogen (secondary N) is 1. The van der Waals surface area contributed by atoms with Crippen LogP contribution in [0.1, 0.15) is 49.3 Å². The monoisotopic (exact) mass is 499 g/mol. The number of amides is 1. The Labute approximate surface area is 208 Å². The lowest BCUT2D eigenvalue weighted by Gasteiger charge is -2.27. The average molecular weight is 500 g/mol. The molecule has 36 heavy (non-hydrogen) atoms. The molecule has 0 radical (unpaired) electrons. The summed E-state index contributed by atoms with van der Waals surface area (Å²) < 4.78 is 26.7. The predicted octanol–water partition coefficient (Wildman–Crippen LogP) is 3.75. The molecule has 0 aliphatic carbocycles. The smallest absolute Gasteiger partial charge is 0.305 e. The summed E-state index contributed by atoms with van der Waals surface area (Å²) in [5.41, 5.74) is -0.726. The second-order valence-electron chi connectivity index (χ2n) is 8.93. The number of aromatic nitrogens is 2. The maximum absolute atomic E-state index is 14.6. The van der Waals surface area contributed by atoms with Crippen molar-refractivity contribution in [3.8, 4) is 17.3 Å². The number of hydrogen-bond acceptors (Lipinski definition) is 6. The molecule has 2 aromatic carbocycles. The number of carboxylic acid groups (broad SMARTS) is 1. The number of carbonyl (C=O) groups is 2. The molecule has 0 saturated heterocycles. The predicted molar refractivity (Wildman–Crippen MR) is 130 cm³/mol. The molecule has 9 nitrogen and oxygen atoms in total. The summed E-state index contributed by atoms with van der Waals surface area (Å²) in [4.78, 5) is 24.6. The van der Waals surface area contributed by atoms with E-state index in [1.54, 1.807) is 37.3 Å². The summed E-state index contributed by atoms with van der Waals surface area (Å²) in [7, 11) is 1.48. The maximum Gasteiger partial charge on any atom is 0.305 e. The maximum atomic E-state index is 14.6. The van der Waals surface area contributed by atoms with Crippen molar-refractivity contribution in [2.24, 2.45) is 5.92 Å². The molecule has 2 atom stereocenters. The van der Waals surface area contributed by atoms with E-state index in [0.29, 0.717) is 11.3 Å². The van der Waals surface area contributed by atoms with E-state index in [1.807, 2.05) is 13.8 Å². The van der Waals surface area contributed by atoms with E-state index >= 15 is 0 Å². The van der Waals surface area contributed by atoms with Crippen LogP contribution in [0.4, 0.5) is 4.39 Å². The van der Waals surface area contributed by atoms with E-state index in [-0.39, 0.29) is 36.2 Å². The van der Waals surface area contributed by atoms with Crippen molar-refractivity contribution in [1.29, 1.82) is 0 Å². The zero-order valence-electron chi connectivity index (χ0n) is 20.6. The third-order valence-corrected chi connectivity index (χ3v) is 5.93. The van der Waals surface area contributed by atoms with Crippen LogP contribution >= 0.6 is 0 Å². The Kier molecular flexibility index (Phi) is 8.31. The summed E-state index contributed by atoms with van der Waals surface area (Å²) in [5.74, 6) is -1.96. The molecule has 0 bridgehead atoms. The van der Waals surface area contributed by atoms with E-state index in [0.717, 1.165) is 4.68 Å². The van der Waals surface area contributed by atoms with Crippen molar-refractivity contribution in [3.63, 3.8) is 0 Å². The van der Waals surface area contributed by atoms with E-state index in [2.05, 4.69) is 10.4 Å². The first-order valence-electron chi connectivity index (χ1n) is 11.4. The molecule has 2 unspecified atom stereocenters. The number of benzene rings is 2. The lowest BCUT2D eigenvalue weighted by atomic mass is 9.94. The van der Waals surface area contributed by atoms with Gasteiger partial charge in [0.1, 0.15) is 23.9 Å². The molecule has 192 valence electrons. The summed E-state index contributed by atoms with van der Waals surface area (Å²) in [6, 6.07) is 13.0. The highest BCUT2D eigenvalue weighted by Gasteiger charge is 2.28. The van der Waals surface area contributed by atoms with Gasteiger partial charge in [0.25, 0.3) is 5.91 Å². The number of carboxylic acids is 1. The van der Waals surface area contributed by atoms with E-state index in [4.69, 9.17) is 9.47 Å². The first-order chi connectivity index (χ1) is 17.0. The normalized spacial score (nSPS) is 13.6. The number of nitrogens with zero attached hydrogens (tertiary/aromatic N) is 2. The summed E-state index contributed by atoms with van der Waals surface area (Å²) in [6.45, 7) is 5.15. The standard InChI is InChI=1S/C26H30FN3O6/c1-16(2)26(3,34)15-36-23-13-21(29-30(23)22-11-6-5-10-19(22)27)25(33)28-20(14-24(31)32)17-8-7-9-18(12-17)35-4/h5-13,16,20,34H,14-15H2,1-4H3,(H,28,33)(H,31,32). The van der Waals surface area contributed by atoms with Gasteiger partial charge in [-0.05, 0) is 42.7 Å². The highest BCUT2D eigenvalue weighted by atomic mass is 19.1. The molecule has 1 amide bonds. The minimum atomic E-state index is -1.19. The second-order valence-corrected chi connectivity index (χ2v) is 8.93. The minimum absolute atomic E-state index is 0.0438. The fourth-order valence-corrected chi connectivity index (χ4v) is 3.28. The van der Waals surface area contributed by atoms with Gasteiger partial charge in [0.15, 0.2) is 5.69 Å². The molecule has 0 saturated carbocycles. The van der Waals surface area contributed by atoms with Crippen molar-refractivity contribution in [3.05, 3.63) is 71.7 Å². The largest absolute Gasteiger partial charge is 0.497 e. The van der Waals surface area contributed by atoms with Crippen LogP contribution in [-0.4, -0.2) is 51.2 Å². The van der Waals surface area contributed by atoms with Crippen LogP contribution in [0.25, 0.3) is 5.69 Å². The van der Waals surface area contributed by atoms with Gasteiger partial charge in [-0.2, -0.15) is 9.78 Å². The number of para-hydroxylation sites is 1. The number of methoxy groups -OCH3 is 1. The average Bonchev–Trinajstić information content (AvgIpc) is 3.26. The van der Waals surface area contributed by atoms with Gasteiger partial charge in [0.05, 0.1) is 25.2 Å². The second kappa shape index (κ2) is 11.2. The van der Waals surface area contributed by atoms with E-state index in [9.17, 15) is 24.2 Å². The van der Waals surface area contributed by atoms with Crippen molar-refractivity contribution >= 4 is 11.9 Å². The molecule has 3 aromatic rings. The minimum Gasteiger partial charge on any atom is -0.497 e. The fourth-order valence-electron chi connectivity index (χ4n) is 3.28. The van der Waals surface area contributed by atoms with Gasteiger partial charge in [-0.3, -0.25) is 9.59 Å². The van der Waals surface area contributed by atoms with Crippen molar-refractivity contribution in [2.75, 3.05) is 13.7 Å². The number of rotatable bonds is 11.